The second-order valence-corrected chi connectivity index (χ2v) is 6.46. The molecule has 0 heterocycles. The zero-order chi connectivity index (χ0) is 15.6. The first kappa shape index (κ1) is 16.6. The van der Waals surface area contributed by atoms with E-state index in [1.807, 2.05) is 6.92 Å². The van der Waals surface area contributed by atoms with E-state index in [-0.39, 0.29) is 4.90 Å². The van der Waals surface area contributed by atoms with Gasteiger partial charge in [-0.3, -0.25) is 0 Å². The number of benzene rings is 1. The topological polar surface area (TPSA) is 89.9 Å². The molecule has 7 heteroatoms. The molecule has 1 N–H and O–H groups in total. The van der Waals surface area contributed by atoms with Crippen LogP contribution in [0.15, 0.2) is 29.2 Å². The minimum atomic E-state index is -4.18. The van der Waals surface area contributed by atoms with Gasteiger partial charge in [0.2, 0.25) is 6.10 Å². The van der Waals surface area contributed by atoms with Crippen molar-refractivity contribution in [3.8, 4) is 0 Å². The van der Waals surface area contributed by atoms with Crippen molar-refractivity contribution >= 4 is 16.1 Å². The van der Waals surface area contributed by atoms with Crippen molar-refractivity contribution in [2.75, 3.05) is 7.11 Å². The van der Waals surface area contributed by atoms with Gasteiger partial charge in [-0.05, 0) is 32.9 Å². The van der Waals surface area contributed by atoms with E-state index in [4.69, 9.17) is 14.0 Å². The standard InChI is InChI=1S/C13H18O6S/c1-9-5-7-10(8-6-9)20(16,17)19-11(12(14)15)13(2,3)18-4/h5-8,11H,1-4H3,(H,14,15). The molecule has 0 radical (unpaired) electrons. The second kappa shape index (κ2) is 5.90. The highest BCUT2D eigenvalue weighted by molar-refractivity contribution is 7.86. The van der Waals surface area contributed by atoms with Gasteiger partial charge in [-0.2, -0.15) is 8.42 Å². The Hall–Kier alpha value is -1.44. The van der Waals surface area contributed by atoms with E-state index in [2.05, 4.69) is 0 Å². The molecule has 6 nitrogen and oxygen atoms in total. The number of ether oxygens (including phenoxy) is 1. The summed E-state index contributed by atoms with van der Waals surface area (Å²) in [6.07, 6.45) is -1.64. The average Bonchev–Trinajstić information content (AvgIpc) is 2.36. The van der Waals surface area contributed by atoms with Crippen LogP contribution in [0, 0.1) is 6.92 Å². The summed E-state index contributed by atoms with van der Waals surface area (Å²) < 4.78 is 34.0. The molecular weight excluding hydrogens is 284 g/mol. The van der Waals surface area contributed by atoms with E-state index < -0.39 is 27.8 Å². The fourth-order valence-electron chi connectivity index (χ4n) is 1.45. The lowest BCUT2D eigenvalue weighted by molar-refractivity contribution is -0.159. The van der Waals surface area contributed by atoms with E-state index in [1.54, 1.807) is 12.1 Å². The zero-order valence-electron chi connectivity index (χ0n) is 11.8. The molecule has 1 rings (SSSR count). The van der Waals surface area contributed by atoms with Crippen LogP contribution in [0.2, 0.25) is 0 Å². The summed E-state index contributed by atoms with van der Waals surface area (Å²) in [5, 5.41) is 9.12. The van der Waals surface area contributed by atoms with Crippen molar-refractivity contribution in [1.29, 1.82) is 0 Å². The fraction of sp³-hybridized carbons (Fsp3) is 0.462. The molecule has 1 aromatic carbocycles. The van der Waals surface area contributed by atoms with Gasteiger partial charge in [0.1, 0.15) is 5.60 Å². The third kappa shape index (κ3) is 3.78. The highest BCUT2D eigenvalue weighted by atomic mass is 32.2. The summed E-state index contributed by atoms with van der Waals surface area (Å²) in [6, 6.07) is 5.94. The molecule has 0 aliphatic carbocycles. The van der Waals surface area contributed by atoms with Crippen LogP contribution in [0.25, 0.3) is 0 Å². The Morgan fingerprint density at radius 1 is 1.25 bits per heavy atom. The molecule has 0 saturated carbocycles. The molecule has 1 aromatic rings. The Morgan fingerprint density at radius 3 is 2.15 bits per heavy atom. The summed E-state index contributed by atoms with van der Waals surface area (Å²) in [6.45, 7) is 4.69. The predicted molar refractivity (Wildman–Crippen MR) is 72.0 cm³/mol. The average molecular weight is 302 g/mol. The Labute approximate surface area is 118 Å². The number of aryl methyl sites for hydroxylation is 1. The van der Waals surface area contributed by atoms with E-state index in [0.29, 0.717) is 0 Å². The Morgan fingerprint density at radius 2 is 1.75 bits per heavy atom. The number of carbonyl (C=O) groups is 1. The maximum atomic E-state index is 12.1. The zero-order valence-corrected chi connectivity index (χ0v) is 12.6. The molecule has 1 atom stereocenters. The molecule has 20 heavy (non-hydrogen) atoms. The van der Waals surface area contributed by atoms with Crippen molar-refractivity contribution in [3.63, 3.8) is 0 Å². The summed E-state index contributed by atoms with van der Waals surface area (Å²) in [5.74, 6) is -1.41. The van der Waals surface area contributed by atoms with Crippen LogP contribution in [0.4, 0.5) is 0 Å². The normalized spacial score (nSPS) is 14.0. The van der Waals surface area contributed by atoms with Gasteiger partial charge in [-0.15, -0.1) is 0 Å². The fourth-order valence-corrected chi connectivity index (χ4v) is 2.60. The third-order valence-electron chi connectivity index (χ3n) is 2.91. The van der Waals surface area contributed by atoms with Crippen LogP contribution in [0.1, 0.15) is 19.4 Å². The SMILES string of the molecule is COC(C)(C)C(OS(=O)(=O)c1ccc(C)cc1)C(=O)O. The minimum Gasteiger partial charge on any atom is -0.479 e. The summed E-state index contributed by atoms with van der Waals surface area (Å²) in [7, 11) is -2.89. The van der Waals surface area contributed by atoms with E-state index in [1.165, 1.54) is 33.1 Å². The van der Waals surface area contributed by atoms with E-state index in [0.717, 1.165) is 5.56 Å². The number of aliphatic carboxylic acids is 1. The number of rotatable bonds is 6. The molecule has 0 fully saturated rings. The van der Waals surface area contributed by atoms with Gasteiger partial charge in [-0.1, -0.05) is 17.7 Å². The van der Waals surface area contributed by atoms with Crippen molar-refractivity contribution in [1.82, 2.24) is 0 Å². The highest BCUT2D eigenvalue weighted by Crippen LogP contribution is 2.23. The molecule has 1 unspecified atom stereocenters. The molecule has 0 aliphatic rings. The van der Waals surface area contributed by atoms with E-state index in [9.17, 15) is 13.2 Å². The molecule has 0 saturated heterocycles. The van der Waals surface area contributed by atoms with Gasteiger partial charge >= 0.3 is 5.97 Å². The lowest BCUT2D eigenvalue weighted by Crippen LogP contribution is -2.46. The van der Waals surface area contributed by atoms with Crippen LogP contribution in [-0.2, 0) is 23.8 Å². The van der Waals surface area contributed by atoms with Gasteiger partial charge < -0.3 is 9.84 Å². The first-order valence-electron chi connectivity index (χ1n) is 5.88. The Kier molecular flexibility index (Phi) is 4.90. The number of methoxy groups -OCH3 is 1. The van der Waals surface area contributed by atoms with Gasteiger partial charge in [0.25, 0.3) is 10.1 Å². The van der Waals surface area contributed by atoms with Crippen LogP contribution in [0.5, 0.6) is 0 Å². The molecule has 0 aromatic heterocycles. The maximum Gasteiger partial charge on any atom is 0.337 e. The van der Waals surface area contributed by atoms with Gasteiger partial charge in [0.15, 0.2) is 0 Å². The molecule has 0 spiro atoms. The number of hydrogen-bond donors (Lipinski definition) is 1. The van der Waals surface area contributed by atoms with E-state index >= 15 is 0 Å². The Balaban J connectivity index is 3.10. The highest BCUT2D eigenvalue weighted by Gasteiger charge is 2.40. The number of hydrogen-bond acceptors (Lipinski definition) is 5. The lowest BCUT2D eigenvalue weighted by Gasteiger charge is -2.29. The quantitative estimate of drug-likeness (QED) is 0.802. The first-order chi connectivity index (χ1) is 9.10. The number of carboxylic acid groups (broad SMARTS) is 1. The van der Waals surface area contributed by atoms with Gasteiger partial charge in [0.05, 0.1) is 4.90 Å². The van der Waals surface area contributed by atoms with Crippen molar-refractivity contribution in [3.05, 3.63) is 29.8 Å². The largest absolute Gasteiger partial charge is 0.479 e. The maximum absolute atomic E-state index is 12.1. The predicted octanol–water partition coefficient (Wildman–Crippen LogP) is 1.58. The van der Waals surface area contributed by atoms with Crippen molar-refractivity contribution in [2.24, 2.45) is 0 Å². The van der Waals surface area contributed by atoms with Crippen LogP contribution in [0.3, 0.4) is 0 Å². The van der Waals surface area contributed by atoms with Gasteiger partial charge in [0, 0.05) is 7.11 Å². The molecule has 112 valence electrons. The summed E-state index contributed by atoms with van der Waals surface area (Å²) in [4.78, 5) is 11.1. The van der Waals surface area contributed by atoms with Crippen LogP contribution < -0.4 is 0 Å². The molecule has 0 aliphatic heterocycles. The van der Waals surface area contributed by atoms with Crippen molar-refractivity contribution < 1.29 is 27.2 Å². The lowest BCUT2D eigenvalue weighted by atomic mass is 10.0. The van der Waals surface area contributed by atoms with Gasteiger partial charge in [-0.25, -0.2) is 8.98 Å². The second-order valence-electron chi connectivity index (χ2n) is 4.89. The summed E-state index contributed by atoms with van der Waals surface area (Å²) in [5.41, 5.74) is -0.403. The molecular formula is C13H18O6S. The van der Waals surface area contributed by atoms with Crippen LogP contribution in [-0.4, -0.2) is 38.3 Å². The molecule has 0 amide bonds. The summed E-state index contributed by atoms with van der Waals surface area (Å²) >= 11 is 0. The third-order valence-corrected chi connectivity index (χ3v) is 4.21. The Bertz CT molecular complexity index is 573. The van der Waals surface area contributed by atoms with Crippen molar-refractivity contribution in [2.45, 2.75) is 37.4 Å². The molecule has 0 bridgehead atoms. The number of carboxylic acids is 1. The monoisotopic (exact) mass is 302 g/mol. The minimum absolute atomic E-state index is 0.0961. The smallest absolute Gasteiger partial charge is 0.337 e. The first-order valence-corrected chi connectivity index (χ1v) is 7.29. The van der Waals surface area contributed by atoms with Crippen LogP contribution >= 0.6 is 0 Å².